The molecule has 2 fully saturated rings. The number of pyridine rings is 1. The molecule has 2 aromatic heterocycles. The molecule has 0 saturated carbocycles. The Morgan fingerprint density at radius 2 is 2.09 bits per heavy atom. The van der Waals surface area contributed by atoms with Gasteiger partial charge in [-0.2, -0.15) is 5.10 Å². The summed E-state index contributed by atoms with van der Waals surface area (Å²) in [6.45, 7) is 4.92. The zero-order valence-electron chi connectivity index (χ0n) is 18.5. The average Bonchev–Trinajstić information content (AvgIpc) is 3.51. The Kier molecular flexibility index (Phi) is 5.78. The number of hydrogen-bond donors (Lipinski definition) is 3. The van der Waals surface area contributed by atoms with Crippen LogP contribution in [-0.2, 0) is 9.53 Å². The lowest BCUT2D eigenvalue weighted by molar-refractivity contribution is -0.117. The summed E-state index contributed by atoms with van der Waals surface area (Å²) in [6.07, 6.45) is 4.49. The number of nitrogens with zero attached hydrogens (tertiary/aromatic N) is 4. The van der Waals surface area contributed by atoms with Gasteiger partial charge in [-0.05, 0) is 42.7 Å². The predicted octanol–water partition coefficient (Wildman–Crippen LogP) is 3.56. The Labute approximate surface area is 192 Å². The maximum atomic E-state index is 12.1. The lowest BCUT2D eigenvalue weighted by atomic mass is 10.00. The van der Waals surface area contributed by atoms with E-state index in [1.165, 1.54) is 6.21 Å². The number of morpholine rings is 1. The maximum Gasteiger partial charge on any atom is 0.227 e. The normalized spacial score (nSPS) is 18.6. The van der Waals surface area contributed by atoms with E-state index in [2.05, 4.69) is 27.3 Å². The number of ether oxygens (including phenoxy) is 1. The Morgan fingerprint density at radius 3 is 2.76 bits per heavy atom. The van der Waals surface area contributed by atoms with Crippen molar-refractivity contribution in [1.82, 2.24) is 15.2 Å². The maximum absolute atomic E-state index is 12.1. The predicted molar refractivity (Wildman–Crippen MR) is 129 cm³/mol. The van der Waals surface area contributed by atoms with Gasteiger partial charge in [-0.1, -0.05) is 12.1 Å². The van der Waals surface area contributed by atoms with Crippen LogP contribution in [0.3, 0.4) is 0 Å². The van der Waals surface area contributed by atoms with Gasteiger partial charge in [-0.15, -0.1) is 0 Å². The topological polar surface area (TPSA) is 110 Å². The molecule has 9 nitrogen and oxygen atoms in total. The van der Waals surface area contributed by atoms with Crippen molar-refractivity contribution in [3.63, 3.8) is 0 Å². The molecule has 1 amide bonds. The van der Waals surface area contributed by atoms with E-state index in [1.807, 2.05) is 41.3 Å². The molecule has 0 radical (unpaired) electrons. The second-order valence-electron chi connectivity index (χ2n) is 8.34. The SMILES string of the molecule is C[C@@H]1COCCN1c1cc(-c2ccc(N3CCCC3=O)cc2)c(C=N)c(Nc2ccn[nH]2)n1. The minimum absolute atomic E-state index is 0.168. The third-order valence-electron chi connectivity index (χ3n) is 6.17. The van der Waals surface area contributed by atoms with Crippen LogP contribution in [-0.4, -0.2) is 59.6 Å². The quantitative estimate of drug-likeness (QED) is 0.501. The van der Waals surface area contributed by atoms with Gasteiger partial charge in [0.1, 0.15) is 17.5 Å². The van der Waals surface area contributed by atoms with E-state index in [-0.39, 0.29) is 11.9 Å². The lowest BCUT2D eigenvalue weighted by Gasteiger charge is -2.35. The van der Waals surface area contributed by atoms with Crippen LogP contribution in [0.15, 0.2) is 42.6 Å². The number of carbonyl (C=O) groups excluding carboxylic acids is 1. The second-order valence-corrected chi connectivity index (χ2v) is 8.34. The first kappa shape index (κ1) is 21.1. The van der Waals surface area contributed by atoms with Crippen LogP contribution < -0.4 is 15.1 Å². The van der Waals surface area contributed by atoms with Gasteiger partial charge in [0.25, 0.3) is 0 Å². The number of carbonyl (C=O) groups is 1. The number of nitrogens with one attached hydrogen (secondary N) is 3. The van der Waals surface area contributed by atoms with Crippen molar-refractivity contribution in [1.29, 1.82) is 5.41 Å². The number of aromatic amines is 1. The van der Waals surface area contributed by atoms with Crippen molar-refractivity contribution in [2.45, 2.75) is 25.8 Å². The minimum atomic E-state index is 0.168. The van der Waals surface area contributed by atoms with Crippen LogP contribution in [0.2, 0.25) is 0 Å². The monoisotopic (exact) mass is 445 g/mol. The molecule has 3 N–H and O–H groups in total. The minimum Gasteiger partial charge on any atom is -0.377 e. The van der Waals surface area contributed by atoms with E-state index in [9.17, 15) is 4.79 Å². The fraction of sp³-hybridized carbons (Fsp3) is 0.333. The molecule has 4 heterocycles. The number of rotatable bonds is 6. The van der Waals surface area contributed by atoms with Crippen LogP contribution in [0.4, 0.5) is 23.1 Å². The van der Waals surface area contributed by atoms with E-state index in [0.717, 1.165) is 42.1 Å². The van der Waals surface area contributed by atoms with Crippen molar-refractivity contribution < 1.29 is 9.53 Å². The van der Waals surface area contributed by atoms with Crippen LogP contribution in [0.25, 0.3) is 11.1 Å². The van der Waals surface area contributed by atoms with Crippen LogP contribution >= 0.6 is 0 Å². The molecule has 0 aliphatic carbocycles. The molecule has 170 valence electrons. The largest absolute Gasteiger partial charge is 0.377 e. The fourth-order valence-electron chi connectivity index (χ4n) is 4.43. The van der Waals surface area contributed by atoms with Gasteiger partial charge < -0.3 is 25.3 Å². The second kappa shape index (κ2) is 9.03. The van der Waals surface area contributed by atoms with E-state index >= 15 is 0 Å². The van der Waals surface area contributed by atoms with Gasteiger partial charge in [0.15, 0.2) is 0 Å². The highest BCUT2D eigenvalue weighted by atomic mass is 16.5. The molecule has 5 rings (SSSR count). The number of anilines is 4. The summed E-state index contributed by atoms with van der Waals surface area (Å²) in [4.78, 5) is 21.1. The summed E-state index contributed by atoms with van der Waals surface area (Å²) in [6, 6.07) is 12.0. The summed E-state index contributed by atoms with van der Waals surface area (Å²) in [7, 11) is 0. The molecular weight excluding hydrogens is 418 g/mol. The first-order valence-electron chi connectivity index (χ1n) is 11.2. The Hall–Kier alpha value is -3.72. The molecule has 1 atom stereocenters. The van der Waals surface area contributed by atoms with Gasteiger partial charge in [0.05, 0.1) is 25.5 Å². The molecule has 3 aromatic rings. The van der Waals surface area contributed by atoms with Crippen molar-refractivity contribution in [3.05, 3.63) is 48.2 Å². The van der Waals surface area contributed by atoms with E-state index in [4.69, 9.17) is 15.1 Å². The molecule has 1 aromatic carbocycles. The molecule has 2 aliphatic heterocycles. The van der Waals surface area contributed by atoms with Gasteiger partial charge in [-0.25, -0.2) is 4.98 Å². The van der Waals surface area contributed by atoms with Gasteiger partial charge in [0, 0.05) is 43.0 Å². The van der Waals surface area contributed by atoms with Crippen molar-refractivity contribution in [2.24, 2.45) is 0 Å². The summed E-state index contributed by atoms with van der Waals surface area (Å²) < 4.78 is 5.61. The number of aromatic nitrogens is 3. The van der Waals surface area contributed by atoms with E-state index < -0.39 is 0 Å². The van der Waals surface area contributed by atoms with Gasteiger partial charge in [0.2, 0.25) is 5.91 Å². The molecule has 2 saturated heterocycles. The van der Waals surface area contributed by atoms with Crippen molar-refractivity contribution in [3.8, 4) is 11.1 Å². The van der Waals surface area contributed by atoms with Crippen molar-refractivity contribution in [2.75, 3.05) is 41.4 Å². The van der Waals surface area contributed by atoms with Crippen molar-refractivity contribution >= 4 is 35.3 Å². The number of amides is 1. The Morgan fingerprint density at radius 1 is 1.24 bits per heavy atom. The number of benzene rings is 1. The van der Waals surface area contributed by atoms with Gasteiger partial charge in [-0.3, -0.25) is 9.89 Å². The fourth-order valence-corrected chi connectivity index (χ4v) is 4.43. The molecule has 9 heteroatoms. The van der Waals surface area contributed by atoms with Gasteiger partial charge >= 0.3 is 0 Å². The number of H-pyrrole nitrogens is 1. The highest BCUT2D eigenvalue weighted by Crippen LogP contribution is 2.34. The van der Waals surface area contributed by atoms with Crippen LogP contribution in [0.1, 0.15) is 25.3 Å². The van der Waals surface area contributed by atoms with E-state index in [1.54, 1.807) is 6.20 Å². The third kappa shape index (κ3) is 4.19. The molecule has 33 heavy (non-hydrogen) atoms. The molecular formula is C24H27N7O2. The summed E-state index contributed by atoms with van der Waals surface area (Å²) in [5.74, 6) is 2.28. The van der Waals surface area contributed by atoms with Crippen LogP contribution in [0, 0.1) is 5.41 Å². The molecule has 0 unspecified atom stereocenters. The average molecular weight is 446 g/mol. The third-order valence-corrected chi connectivity index (χ3v) is 6.17. The standard InChI is InChI=1S/C24H27N7O2/c1-16-15-33-12-11-30(16)22-13-19(20(14-25)24(28-22)27-21-8-9-26-29-21)17-4-6-18(7-5-17)31-10-2-3-23(31)32/h4-9,13-14,16,25H,2-3,10-12,15H2,1H3,(H2,26,27,28,29)/t16-/m1/s1. The lowest BCUT2D eigenvalue weighted by Crippen LogP contribution is -2.44. The number of hydrogen-bond acceptors (Lipinski definition) is 7. The molecule has 0 bridgehead atoms. The summed E-state index contributed by atoms with van der Waals surface area (Å²) in [5.41, 5.74) is 3.44. The molecule has 2 aliphatic rings. The zero-order chi connectivity index (χ0) is 22.8. The smallest absolute Gasteiger partial charge is 0.227 e. The Balaban J connectivity index is 1.57. The highest BCUT2D eigenvalue weighted by molar-refractivity contribution is 5.98. The first-order chi connectivity index (χ1) is 16.1. The summed E-state index contributed by atoms with van der Waals surface area (Å²) >= 11 is 0. The first-order valence-corrected chi connectivity index (χ1v) is 11.2. The summed E-state index contributed by atoms with van der Waals surface area (Å²) in [5, 5.41) is 18.3. The molecule has 0 spiro atoms. The van der Waals surface area contributed by atoms with E-state index in [0.29, 0.717) is 36.8 Å². The zero-order valence-corrected chi connectivity index (χ0v) is 18.5. The Bertz CT molecular complexity index is 1140. The highest BCUT2D eigenvalue weighted by Gasteiger charge is 2.24. The van der Waals surface area contributed by atoms with Crippen LogP contribution in [0.5, 0.6) is 0 Å².